The molecule has 1 aromatic rings. The van der Waals surface area contributed by atoms with Gasteiger partial charge in [0.15, 0.2) is 5.78 Å². The van der Waals surface area contributed by atoms with Crippen LogP contribution in [-0.2, 0) is 4.79 Å². The number of aromatic carboxylic acids is 1. The highest BCUT2D eigenvalue weighted by Crippen LogP contribution is 2.28. The number of Topliss-reactive ketones (excluding diaryl/α,β-unsaturated/α-hetero) is 1. The fourth-order valence-corrected chi connectivity index (χ4v) is 1.61. The molecule has 1 unspecified atom stereocenters. The van der Waals surface area contributed by atoms with E-state index in [4.69, 9.17) is 21.4 Å². The summed E-state index contributed by atoms with van der Waals surface area (Å²) < 4.78 is 5.20. The van der Waals surface area contributed by atoms with Gasteiger partial charge in [0.25, 0.3) is 0 Å². The fourth-order valence-electron chi connectivity index (χ4n) is 1.42. The Morgan fingerprint density at radius 1 is 1.47 bits per heavy atom. The fraction of sp³-hybridized carbons (Fsp3) is 0.333. The Hall–Kier alpha value is -1.55. The number of ketones is 1. The maximum atomic E-state index is 11.2. The van der Waals surface area contributed by atoms with E-state index in [2.05, 4.69) is 0 Å². The molecule has 5 heteroatoms. The summed E-state index contributed by atoms with van der Waals surface area (Å²) in [5.74, 6) is -0.979. The summed E-state index contributed by atoms with van der Waals surface area (Å²) in [7, 11) is 0. The summed E-state index contributed by atoms with van der Waals surface area (Å²) in [6.45, 7) is 3.56. The minimum Gasteiger partial charge on any atom is -0.494 e. The third-order valence-electron chi connectivity index (χ3n) is 2.20. The van der Waals surface area contributed by atoms with E-state index in [-0.39, 0.29) is 16.9 Å². The highest BCUT2D eigenvalue weighted by Gasteiger charge is 2.21. The molecule has 0 aromatic heterocycles. The molecular formula is C12H13ClO4. The van der Waals surface area contributed by atoms with Crippen molar-refractivity contribution in [2.24, 2.45) is 0 Å². The van der Waals surface area contributed by atoms with Crippen LogP contribution in [0.15, 0.2) is 18.2 Å². The van der Waals surface area contributed by atoms with E-state index in [0.29, 0.717) is 12.4 Å². The van der Waals surface area contributed by atoms with Gasteiger partial charge in [-0.3, -0.25) is 4.79 Å². The van der Waals surface area contributed by atoms with Gasteiger partial charge < -0.3 is 9.84 Å². The van der Waals surface area contributed by atoms with Crippen LogP contribution >= 0.6 is 11.6 Å². The molecule has 1 rings (SSSR count). The molecule has 0 spiro atoms. The molecule has 92 valence electrons. The predicted molar refractivity (Wildman–Crippen MR) is 63.8 cm³/mol. The molecule has 0 bridgehead atoms. The number of carboxylic acids is 1. The van der Waals surface area contributed by atoms with Crippen LogP contribution in [0.25, 0.3) is 0 Å². The lowest BCUT2D eigenvalue weighted by Gasteiger charge is -2.11. The van der Waals surface area contributed by atoms with Crippen molar-refractivity contribution in [2.45, 2.75) is 19.2 Å². The Kier molecular flexibility index (Phi) is 4.52. The van der Waals surface area contributed by atoms with E-state index in [1.165, 1.54) is 19.1 Å². The van der Waals surface area contributed by atoms with Crippen molar-refractivity contribution in [3.8, 4) is 5.75 Å². The number of rotatable bonds is 5. The van der Waals surface area contributed by atoms with Crippen molar-refractivity contribution < 1.29 is 19.4 Å². The molecule has 1 aromatic carbocycles. The lowest BCUT2D eigenvalue weighted by Crippen LogP contribution is -2.09. The van der Waals surface area contributed by atoms with E-state index >= 15 is 0 Å². The summed E-state index contributed by atoms with van der Waals surface area (Å²) in [6, 6.07) is 4.48. The van der Waals surface area contributed by atoms with Crippen molar-refractivity contribution in [1.82, 2.24) is 0 Å². The Balaban J connectivity index is 3.22. The van der Waals surface area contributed by atoms with Crippen molar-refractivity contribution in [1.29, 1.82) is 0 Å². The van der Waals surface area contributed by atoms with Gasteiger partial charge in [0, 0.05) is 0 Å². The maximum Gasteiger partial charge on any atom is 0.336 e. The first kappa shape index (κ1) is 13.5. The molecule has 1 N–H and O–H groups in total. The second-order valence-electron chi connectivity index (χ2n) is 3.46. The molecule has 0 radical (unpaired) electrons. The Morgan fingerprint density at radius 3 is 2.59 bits per heavy atom. The predicted octanol–water partition coefficient (Wildman–Crippen LogP) is 2.65. The lowest BCUT2D eigenvalue weighted by atomic mass is 10.0. The van der Waals surface area contributed by atoms with Gasteiger partial charge in [0.1, 0.15) is 11.1 Å². The Bertz CT molecular complexity index is 442. The van der Waals surface area contributed by atoms with Crippen molar-refractivity contribution in [3.63, 3.8) is 0 Å². The first-order valence-corrected chi connectivity index (χ1v) is 5.55. The zero-order valence-corrected chi connectivity index (χ0v) is 10.3. The molecular weight excluding hydrogens is 244 g/mol. The van der Waals surface area contributed by atoms with Crippen LogP contribution in [0.5, 0.6) is 5.75 Å². The van der Waals surface area contributed by atoms with Gasteiger partial charge in [-0.2, -0.15) is 0 Å². The molecule has 0 saturated carbocycles. The van der Waals surface area contributed by atoms with Crippen LogP contribution in [0.1, 0.15) is 35.1 Å². The topological polar surface area (TPSA) is 63.6 Å². The van der Waals surface area contributed by atoms with Gasteiger partial charge in [0.2, 0.25) is 0 Å². The van der Waals surface area contributed by atoms with Gasteiger partial charge in [-0.15, -0.1) is 11.6 Å². The number of halogens is 1. The van der Waals surface area contributed by atoms with Crippen LogP contribution in [-0.4, -0.2) is 23.5 Å². The SMILES string of the molecule is CCOc1ccc(C(Cl)C(C)=O)c(C(=O)O)c1. The van der Waals surface area contributed by atoms with Crippen molar-refractivity contribution in [3.05, 3.63) is 29.3 Å². The quantitative estimate of drug-likeness (QED) is 0.823. The summed E-state index contributed by atoms with van der Waals surface area (Å²) in [4.78, 5) is 22.3. The third kappa shape index (κ3) is 3.20. The number of carbonyl (C=O) groups is 2. The zero-order chi connectivity index (χ0) is 13.0. The largest absolute Gasteiger partial charge is 0.494 e. The third-order valence-corrected chi connectivity index (χ3v) is 2.74. The molecule has 4 nitrogen and oxygen atoms in total. The van der Waals surface area contributed by atoms with E-state index in [1.54, 1.807) is 13.0 Å². The lowest BCUT2D eigenvalue weighted by molar-refractivity contribution is -0.116. The van der Waals surface area contributed by atoms with Crippen LogP contribution in [0, 0.1) is 0 Å². The number of carboxylic acid groups (broad SMARTS) is 1. The van der Waals surface area contributed by atoms with Crippen LogP contribution in [0.2, 0.25) is 0 Å². The van der Waals surface area contributed by atoms with E-state index < -0.39 is 11.3 Å². The van der Waals surface area contributed by atoms with E-state index in [9.17, 15) is 9.59 Å². The monoisotopic (exact) mass is 256 g/mol. The maximum absolute atomic E-state index is 11.2. The second kappa shape index (κ2) is 5.68. The summed E-state index contributed by atoms with van der Waals surface area (Å²) in [5.41, 5.74) is 0.279. The average Bonchev–Trinajstić information content (AvgIpc) is 2.28. The molecule has 0 amide bonds. The highest BCUT2D eigenvalue weighted by atomic mass is 35.5. The van der Waals surface area contributed by atoms with Crippen molar-refractivity contribution in [2.75, 3.05) is 6.61 Å². The van der Waals surface area contributed by atoms with Gasteiger partial charge >= 0.3 is 5.97 Å². The highest BCUT2D eigenvalue weighted by molar-refractivity contribution is 6.31. The average molecular weight is 257 g/mol. The minimum atomic E-state index is -1.13. The molecule has 0 aliphatic rings. The number of hydrogen-bond acceptors (Lipinski definition) is 3. The number of ether oxygens (including phenoxy) is 1. The van der Waals surface area contributed by atoms with E-state index in [0.717, 1.165) is 0 Å². The molecule has 17 heavy (non-hydrogen) atoms. The van der Waals surface area contributed by atoms with Crippen LogP contribution < -0.4 is 4.74 Å². The molecule has 0 aliphatic heterocycles. The Morgan fingerprint density at radius 2 is 2.12 bits per heavy atom. The number of alkyl halides is 1. The second-order valence-corrected chi connectivity index (χ2v) is 3.90. The van der Waals surface area contributed by atoms with Crippen LogP contribution in [0.4, 0.5) is 0 Å². The van der Waals surface area contributed by atoms with Gasteiger partial charge in [-0.05, 0) is 31.5 Å². The zero-order valence-electron chi connectivity index (χ0n) is 9.57. The standard InChI is InChI=1S/C12H13ClO4/c1-3-17-8-4-5-9(11(13)7(2)14)10(6-8)12(15)16/h4-6,11H,3H2,1-2H3,(H,15,16). The summed E-state index contributed by atoms with van der Waals surface area (Å²) in [6.07, 6.45) is 0. The van der Waals surface area contributed by atoms with Gasteiger partial charge in [-0.25, -0.2) is 4.79 Å². The van der Waals surface area contributed by atoms with E-state index in [1.807, 2.05) is 0 Å². The number of benzene rings is 1. The molecule has 0 aliphatic carbocycles. The number of hydrogen-bond donors (Lipinski definition) is 1. The Labute approximate surface area is 104 Å². The van der Waals surface area contributed by atoms with Gasteiger partial charge in [-0.1, -0.05) is 6.07 Å². The molecule has 0 heterocycles. The van der Waals surface area contributed by atoms with Gasteiger partial charge in [0.05, 0.1) is 12.2 Å². The smallest absolute Gasteiger partial charge is 0.336 e. The first-order chi connectivity index (χ1) is 7.97. The van der Waals surface area contributed by atoms with Crippen LogP contribution in [0.3, 0.4) is 0 Å². The van der Waals surface area contributed by atoms with Crippen molar-refractivity contribution >= 4 is 23.4 Å². The first-order valence-electron chi connectivity index (χ1n) is 5.12. The minimum absolute atomic E-state index is 0.00819. The summed E-state index contributed by atoms with van der Waals surface area (Å²) >= 11 is 5.87. The summed E-state index contributed by atoms with van der Waals surface area (Å²) in [5, 5.41) is 8.12. The molecule has 0 fully saturated rings. The number of carbonyl (C=O) groups excluding carboxylic acids is 1. The molecule has 1 atom stereocenters. The molecule has 0 saturated heterocycles. The normalized spacial score (nSPS) is 11.9.